The summed E-state index contributed by atoms with van der Waals surface area (Å²) in [6, 6.07) is 7.67. The molecule has 5 heteroatoms. The van der Waals surface area contributed by atoms with Crippen molar-refractivity contribution in [1.29, 1.82) is 0 Å². The summed E-state index contributed by atoms with van der Waals surface area (Å²) < 4.78 is 26.9. The lowest BCUT2D eigenvalue weighted by Gasteiger charge is -2.15. The Morgan fingerprint density at radius 1 is 1.33 bits per heavy atom. The van der Waals surface area contributed by atoms with Gasteiger partial charge in [0.05, 0.1) is 6.54 Å². The molecule has 1 aromatic rings. The molecule has 1 fully saturated rings. The van der Waals surface area contributed by atoms with Gasteiger partial charge in [0.2, 0.25) is 5.91 Å². The summed E-state index contributed by atoms with van der Waals surface area (Å²) in [6.07, 6.45) is 0.670. The Hall–Kier alpha value is -0.970. The first kappa shape index (κ1) is 13.5. The maximum atomic E-state index is 13.0. The van der Waals surface area contributed by atoms with Gasteiger partial charge in [-0.3, -0.25) is 4.79 Å². The highest BCUT2D eigenvalue weighted by Gasteiger charge is 2.39. The standard InChI is InChI=1S/C13H14BrF2NO/c14-11-4-1-10(2-5-11)3-6-12(18)17-8-7-13(15,16)9-17/h1-2,4-5H,3,6-9H2. The normalized spacial score (nSPS) is 18.1. The van der Waals surface area contributed by atoms with Crippen LogP contribution in [0.2, 0.25) is 0 Å². The lowest BCUT2D eigenvalue weighted by Crippen LogP contribution is -2.31. The molecule has 98 valence electrons. The molecule has 0 bridgehead atoms. The van der Waals surface area contributed by atoms with Crippen molar-refractivity contribution in [3.05, 3.63) is 34.3 Å². The SMILES string of the molecule is O=C(CCc1ccc(Br)cc1)N1CCC(F)(F)C1. The lowest BCUT2D eigenvalue weighted by atomic mass is 10.1. The van der Waals surface area contributed by atoms with Crippen LogP contribution in [0, 0.1) is 0 Å². The highest BCUT2D eigenvalue weighted by molar-refractivity contribution is 9.10. The summed E-state index contributed by atoms with van der Waals surface area (Å²) in [5.74, 6) is -2.89. The van der Waals surface area contributed by atoms with Crippen molar-refractivity contribution in [3.63, 3.8) is 0 Å². The highest BCUT2D eigenvalue weighted by Crippen LogP contribution is 2.27. The van der Waals surface area contributed by atoms with E-state index in [9.17, 15) is 13.6 Å². The monoisotopic (exact) mass is 317 g/mol. The van der Waals surface area contributed by atoms with Crippen LogP contribution in [0.5, 0.6) is 0 Å². The third kappa shape index (κ3) is 3.51. The first-order valence-electron chi connectivity index (χ1n) is 5.86. The zero-order chi connectivity index (χ0) is 13.2. The van der Waals surface area contributed by atoms with Crippen LogP contribution in [0.1, 0.15) is 18.4 Å². The number of carbonyl (C=O) groups excluding carboxylic acids is 1. The minimum atomic E-state index is -2.70. The maximum absolute atomic E-state index is 13.0. The Labute approximate surface area is 113 Å². The Morgan fingerprint density at radius 3 is 2.56 bits per heavy atom. The molecule has 1 aliphatic rings. The number of amides is 1. The van der Waals surface area contributed by atoms with E-state index in [-0.39, 0.29) is 25.3 Å². The van der Waals surface area contributed by atoms with Crippen molar-refractivity contribution in [1.82, 2.24) is 4.90 Å². The van der Waals surface area contributed by atoms with Gasteiger partial charge in [0.25, 0.3) is 5.92 Å². The molecule has 0 atom stereocenters. The van der Waals surface area contributed by atoms with Gasteiger partial charge >= 0.3 is 0 Å². The molecule has 0 saturated carbocycles. The van der Waals surface area contributed by atoms with Crippen molar-refractivity contribution in [3.8, 4) is 0 Å². The molecule has 0 radical (unpaired) electrons. The molecule has 0 N–H and O–H groups in total. The average Bonchev–Trinajstić information content (AvgIpc) is 2.69. The molecule has 1 aromatic carbocycles. The molecule has 1 heterocycles. The predicted molar refractivity (Wildman–Crippen MR) is 68.6 cm³/mol. The van der Waals surface area contributed by atoms with Gasteiger partial charge in [0, 0.05) is 23.9 Å². The minimum Gasteiger partial charge on any atom is -0.336 e. The number of hydrogen-bond donors (Lipinski definition) is 0. The van der Waals surface area contributed by atoms with Crippen LogP contribution >= 0.6 is 15.9 Å². The Morgan fingerprint density at radius 2 is 2.00 bits per heavy atom. The number of likely N-dealkylation sites (tertiary alicyclic amines) is 1. The number of hydrogen-bond acceptors (Lipinski definition) is 1. The molecule has 2 rings (SSSR count). The summed E-state index contributed by atoms with van der Waals surface area (Å²) in [5, 5.41) is 0. The van der Waals surface area contributed by atoms with Crippen molar-refractivity contribution < 1.29 is 13.6 Å². The Balaban J connectivity index is 1.84. The van der Waals surface area contributed by atoms with Crippen molar-refractivity contribution >= 4 is 21.8 Å². The summed E-state index contributed by atoms with van der Waals surface area (Å²) in [5.41, 5.74) is 1.04. The van der Waals surface area contributed by atoms with Gasteiger partial charge in [0.15, 0.2) is 0 Å². The van der Waals surface area contributed by atoms with Crippen LogP contribution in [0.15, 0.2) is 28.7 Å². The topological polar surface area (TPSA) is 20.3 Å². The quantitative estimate of drug-likeness (QED) is 0.838. The number of rotatable bonds is 3. The number of alkyl halides is 2. The molecule has 1 saturated heterocycles. The van der Waals surface area contributed by atoms with Crippen LogP contribution in [0.3, 0.4) is 0 Å². The van der Waals surface area contributed by atoms with Crippen LogP contribution in [0.4, 0.5) is 8.78 Å². The third-order valence-corrected chi connectivity index (χ3v) is 3.59. The van der Waals surface area contributed by atoms with E-state index in [1.54, 1.807) is 0 Å². The second kappa shape index (κ2) is 5.34. The number of benzene rings is 1. The van der Waals surface area contributed by atoms with E-state index in [0.717, 1.165) is 10.0 Å². The molecule has 0 aliphatic carbocycles. The first-order chi connectivity index (χ1) is 8.46. The molecule has 0 unspecified atom stereocenters. The smallest absolute Gasteiger partial charge is 0.267 e. The second-order valence-corrected chi connectivity index (χ2v) is 5.46. The van der Waals surface area contributed by atoms with Gasteiger partial charge in [-0.1, -0.05) is 28.1 Å². The zero-order valence-electron chi connectivity index (χ0n) is 9.83. The fourth-order valence-electron chi connectivity index (χ4n) is 2.01. The van der Waals surface area contributed by atoms with Crippen LogP contribution < -0.4 is 0 Å². The number of aryl methyl sites for hydroxylation is 1. The Kier molecular flexibility index (Phi) is 4.00. The van der Waals surface area contributed by atoms with E-state index in [2.05, 4.69) is 15.9 Å². The zero-order valence-corrected chi connectivity index (χ0v) is 11.4. The molecular weight excluding hydrogens is 304 g/mol. The molecule has 1 amide bonds. The third-order valence-electron chi connectivity index (χ3n) is 3.06. The predicted octanol–water partition coefficient (Wildman–Crippen LogP) is 3.25. The van der Waals surface area contributed by atoms with Crippen molar-refractivity contribution in [2.45, 2.75) is 25.2 Å². The van der Waals surface area contributed by atoms with Gasteiger partial charge in [-0.2, -0.15) is 0 Å². The molecule has 2 nitrogen and oxygen atoms in total. The molecule has 0 aromatic heterocycles. The Bertz CT molecular complexity index is 433. The fraction of sp³-hybridized carbons (Fsp3) is 0.462. The van der Waals surface area contributed by atoms with Crippen LogP contribution in [-0.2, 0) is 11.2 Å². The van der Waals surface area contributed by atoms with E-state index >= 15 is 0 Å². The molecule has 0 spiro atoms. The number of nitrogens with zero attached hydrogens (tertiary/aromatic N) is 1. The first-order valence-corrected chi connectivity index (χ1v) is 6.66. The maximum Gasteiger partial charge on any atom is 0.267 e. The highest BCUT2D eigenvalue weighted by atomic mass is 79.9. The summed E-state index contributed by atoms with van der Waals surface area (Å²) in [6.45, 7) is -0.252. The molecular formula is C13H14BrF2NO. The minimum absolute atomic E-state index is 0.173. The van der Waals surface area contributed by atoms with Crippen molar-refractivity contribution in [2.24, 2.45) is 0 Å². The van der Waals surface area contributed by atoms with E-state index in [1.165, 1.54) is 4.90 Å². The van der Waals surface area contributed by atoms with E-state index < -0.39 is 12.5 Å². The largest absolute Gasteiger partial charge is 0.336 e. The van der Waals surface area contributed by atoms with Crippen LogP contribution in [-0.4, -0.2) is 29.8 Å². The van der Waals surface area contributed by atoms with Gasteiger partial charge < -0.3 is 4.90 Å². The van der Waals surface area contributed by atoms with E-state index in [4.69, 9.17) is 0 Å². The second-order valence-electron chi connectivity index (χ2n) is 4.55. The van der Waals surface area contributed by atoms with Crippen LogP contribution in [0.25, 0.3) is 0 Å². The number of carbonyl (C=O) groups is 1. The lowest BCUT2D eigenvalue weighted by molar-refractivity contribution is -0.131. The van der Waals surface area contributed by atoms with Gasteiger partial charge in [-0.15, -0.1) is 0 Å². The summed E-state index contributed by atoms with van der Waals surface area (Å²) >= 11 is 3.33. The van der Waals surface area contributed by atoms with Gasteiger partial charge in [-0.05, 0) is 24.1 Å². The van der Waals surface area contributed by atoms with Crippen molar-refractivity contribution in [2.75, 3.05) is 13.1 Å². The molecule has 1 aliphatic heterocycles. The summed E-state index contributed by atoms with van der Waals surface area (Å²) in [4.78, 5) is 13.0. The average molecular weight is 318 g/mol. The fourth-order valence-corrected chi connectivity index (χ4v) is 2.27. The molecule has 18 heavy (non-hydrogen) atoms. The number of halogens is 3. The van der Waals surface area contributed by atoms with Gasteiger partial charge in [0.1, 0.15) is 0 Å². The van der Waals surface area contributed by atoms with E-state index in [1.807, 2.05) is 24.3 Å². The summed E-state index contributed by atoms with van der Waals surface area (Å²) in [7, 11) is 0. The van der Waals surface area contributed by atoms with Gasteiger partial charge in [-0.25, -0.2) is 8.78 Å². The van der Waals surface area contributed by atoms with E-state index in [0.29, 0.717) is 6.42 Å².